The van der Waals surface area contributed by atoms with E-state index in [1.165, 1.54) is 0 Å². The number of aromatic nitrogens is 6. The molecular formula is C16H19N7O. The smallest absolute Gasteiger partial charge is 0.272 e. The van der Waals surface area contributed by atoms with Gasteiger partial charge in [-0.2, -0.15) is 5.10 Å². The predicted octanol–water partition coefficient (Wildman–Crippen LogP) is 1.52. The molecule has 0 aliphatic rings. The van der Waals surface area contributed by atoms with Crippen LogP contribution in [0.25, 0.3) is 5.82 Å². The highest BCUT2D eigenvalue weighted by molar-refractivity contribution is 5.92. The highest BCUT2D eigenvalue weighted by Gasteiger charge is 2.21. The maximum Gasteiger partial charge on any atom is 0.272 e. The van der Waals surface area contributed by atoms with Gasteiger partial charge in [-0.1, -0.05) is 13.8 Å². The molecule has 3 heterocycles. The van der Waals surface area contributed by atoms with Gasteiger partial charge in [0.15, 0.2) is 11.5 Å². The van der Waals surface area contributed by atoms with E-state index in [-0.39, 0.29) is 23.6 Å². The quantitative estimate of drug-likeness (QED) is 0.768. The molecule has 3 rings (SSSR count). The Morgan fingerprint density at radius 2 is 2.08 bits per heavy atom. The summed E-state index contributed by atoms with van der Waals surface area (Å²) in [6.07, 6.45) is 8.71. The Morgan fingerprint density at radius 1 is 1.25 bits per heavy atom. The lowest BCUT2D eigenvalue weighted by Crippen LogP contribution is -2.32. The summed E-state index contributed by atoms with van der Waals surface area (Å²) in [5, 5.41) is 15.3. The van der Waals surface area contributed by atoms with Gasteiger partial charge in [0.2, 0.25) is 0 Å². The highest BCUT2D eigenvalue weighted by atomic mass is 16.2. The highest BCUT2D eigenvalue weighted by Crippen LogP contribution is 2.21. The lowest BCUT2D eigenvalue weighted by Gasteiger charge is -2.20. The molecule has 8 nitrogen and oxygen atoms in total. The fourth-order valence-corrected chi connectivity index (χ4v) is 2.43. The number of hydrogen-bond donors (Lipinski definition) is 1. The van der Waals surface area contributed by atoms with Crippen molar-refractivity contribution in [2.24, 2.45) is 13.0 Å². The largest absolute Gasteiger partial charge is 0.343 e. The number of carbonyl (C=O) groups is 1. The summed E-state index contributed by atoms with van der Waals surface area (Å²) in [7, 11) is 1.85. The first-order valence-corrected chi connectivity index (χ1v) is 7.66. The van der Waals surface area contributed by atoms with Gasteiger partial charge in [0.1, 0.15) is 6.33 Å². The van der Waals surface area contributed by atoms with Crippen molar-refractivity contribution in [3.05, 3.63) is 54.5 Å². The number of hydrogen-bond acceptors (Lipinski definition) is 5. The molecule has 124 valence electrons. The SMILES string of the molecule is CC(C)C(NC(=O)c1ccc(-n2ccnc2)nn1)c1cnn(C)c1. The average molecular weight is 325 g/mol. The van der Waals surface area contributed by atoms with Crippen molar-refractivity contribution < 1.29 is 4.79 Å². The summed E-state index contributed by atoms with van der Waals surface area (Å²) in [5.41, 5.74) is 1.23. The normalized spacial score (nSPS) is 12.3. The summed E-state index contributed by atoms with van der Waals surface area (Å²) < 4.78 is 3.44. The molecule has 3 aromatic heterocycles. The van der Waals surface area contributed by atoms with Crippen LogP contribution in [0.3, 0.4) is 0 Å². The molecule has 24 heavy (non-hydrogen) atoms. The predicted molar refractivity (Wildman–Crippen MR) is 87.4 cm³/mol. The maximum absolute atomic E-state index is 12.5. The van der Waals surface area contributed by atoms with E-state index in [0.29, 0.717) is 5.82 Å². The third-order valence-corrected chi connectivity index (χ3v) is 3.69. The lowest BCUT2D eigenvalue weighted by atomic mass is 9.98. The first kappa shape index (κ1) is 15.9. The molecule has 0 aromatic carbocycles. The van der Waals surface area contributed by atoms with Crippen LogP contribution in [0.4, 0.5) is 0 Å². The summed E-state index contributed by atoms with van der Waals surface area (Å²) >= 11 is 0. The molecule has 1 atom stereocenters. The summed E-state index contributed by atoms with van der Waals surface area (Å²) in [6.45, 7) is 4.09. The van der Waals surface area contributed by atoms with E-state index < -0.39 is 0 Å². The van der Waals surface area contributed by atoms with Crippen molar-refractivity contribution in [3.8, 4) is 5.82 Å². The van der Waals surface area contributed by atoms with Gasteiger partial charge < -0.3 is 5.32 Å². The van der Waals surface area contributed by atoms with E-state index in [9.17, 15) is 4.79 Å². The number of carbonyl (C=O) groups excluding carboxylic acids is 1. The molecule has 0 radical (unpaired) electrons. The number of nitrogens with one attached hydrogen (secondary N) is 1. The van der Waals surface area contributed by atoms with Crippen molar-refractivity contribution in [2.45, 2.75) is 19.9 Å². The molecule has 0 spiro atoms. The van der Waals surface area contributed by atoms with Crippen LogP contribution in [-0.4, -0.2) is 35.4 Å². The number of imidazole rings is 1. The van der Waals surface area contributed by atoms with Crippen molar-refractivity contribution in [3.63, 3.8) is 0 Å². The number of amides is 1. The molecule has 0 aliphatic carbocycles. The molecule has 0 aliphatic heterocycles. The molecule has 8 heteroatoms. The van der Waals surface area contributed by atoms with E-state index in [1.807, 2.05) is 27.1 Å². The van der Waals surface area contributed by atoms with Crippen molar-refractivity contribution in [1.82, 2.24) is 34.8 Å². The molecular weight excluding hydrogens is 306 g/mol. The van der Waals surface area contributed by atoms with E-state index >= 15 is 0 Å². The Kier molecular flexibility index (Phi) is 4.37. The monoisotopic (exact) mass is 325 g/mol. The van der Waals surface area contributed by atoms with Crippen LogP contribution in [0.2, 0.25) is 0 Å². The Hall–Kier alpha value is -3.03. The minimum Gasteiger partial charge on any atom is -0.343 e. The van der Waals surface area contributed by atoms with E-state index in [4.69, 9.17) is 0 Å². The van der Waals surface area contributed by atoms with Crippen molar-refractivity contribution in [2.75, 3.05) is 0 Å². The van der Waals surface area contributed by atoms with Gasteiger partial charge in [-0.05, 0) is 18.1 Å². The molecule has 3 aromatic rings. The molecule has 0 bridgehead atoms. The van der Waals surface area contributed by atoms with E-state index in [2.05, 4.69) is 25.6 Å². The average Bonchev–Trinajstić information content (AvgIpc) is 3.24. The van der Waals surface area contributed by atoms with Gasteiger partial charge in [0.05, 0.1) is 12.2 Å². The second-order valence-corrected chi connectivity index (χ2v) is 5.89. The third-order valence-electron chi connectivity index (χ3n) is 3.69. The van der Waals surface area contributed by atoms with Gasteiger partial charge in [-0.3, -0.25) is 14.0 Å². The summed E-state index contributed by atoms with van der Waals surface area (Å²) in [5.74, 6) is 0.565. The standard InChI is InChI=1S/C16H19N7O/c1-11(2)15(12-8-18-22(3)9-12)19-16(24)13-4-5-14(21-20-13)23-7-6-17-10-23/h4-11,15H,1-3H3,(H,19,24). The summed E-state index contributed by atoms with van der Waals surface area (Å²) in [6, 6.07) is 3.25. The zero-order chi connectivity index (χ0) is 17.1. The Labute approximate surface area is 139 Å². The molecule has 1 unspecified atom stereocenters. The number of rotatable bonds is 5. The zero-order valence-corrected chi connectivity index (χ0v) is 13.8. The zero-order valence-electron chi connectivity index (χ0n) is 13.8. The van der Waals surface area contributed by atoms with Crippen molar-refractivity contribution >= 4 is 5.91 Å². The minimum absolute atomic E-state index is 0.138. The number of nitrogens with zero attached hydrogens (tertiary/aromatic N) is 6. The van der Waals surface area contributed by atoms with E-state index in [0.717, 1.165) is 5.56 Å². The topological polar surface area (TPSA) is 90.5 Å². The van der Waals surface area contributed by atoms with Gasteiger partial charge >= 0.3 is 0 Å². The molecule has 0 fully saturated rings. The van der Waals surface area contributed by atoms with Crippen LogP contribution >= 0.6 is 0 Å². The van der Waals surface area contributed by atoms with Crippen LogP contribution in [0, 0.1) is 5.92 Å². The lowest BCUT2D eigenvalue weighted by molar-refractivity contribution is 0.0919. The molecule has 1 amide bonds. The van der Waals surface area contributed by atoms with Crippen molar-refractivity contribution in [1.29, 1.82) is 0 Å². The first-order valence-electron chi connectivity index (χ1n) is 7.66. The van der Waals surface area contributed by atoms with Gasteiger partial charge in [0.25, 0.3) is 5.91 Å². The van der Waals surface area contributed by atoms with Gasteiger partial charge in [-0.25, -0.2) is 4.98 Å². The van der Waals surface area contributed by atoms with E-state index in [1.54, 1.807) is 46.3 Å². The Balaban J connectivity index is 1.75. The fourth-order valence-electron chi connectivity index (χ4n) is 2.43. The van der Waals surface area contributed by atoms with Crippen LogP contribution < -0.4 is 5.32 Å². The summed E-state index contributed by atoms with van der Waals surface area (Å²) in [4.78, 5) is 16.4. The maximum atomic E-state index is 12.5. The van der Waals surface area contributed by atoms with Crippen LogP contribution in [0.15, 0.2) is 43.2 Å². The second-order valence-electron chi connectivity index (χ2n) is 5.89. The Bertz CT molecular complexity index is 805. The fraction of sp³-hybridized carbons (Fsp3) is 0.312. The van der Waals surface area contributed by atoms with Crippen LogP contribution in [-0.2, 0) is 7.05 Å². The number of aryl methyl sites for hydroxylation is 1. The van der Waals surface area contributed by atoms with Crippen LogP contribution in [0.1, 0.15) is 35.9 Å². The van der Waals surface area contributed by atoms with Gasteiger partial charge in [0, 0.05) is 31.2 Å². The van der Waals surface area contributed by atoms with Crippen LogP contribution in [0.5, 0.6) is 0 Å². The minimum atomic E-state index is -0.262. The molecule has 0 saturated heterocycles. The van der Waals surface area contributed by atoms with Gasteiger partial charge in [-0.15, -0.1) is 10.2 Å². The second kappa shape index (κ2) is 6.61. The third kappa shape index (κ3) is 3.32. The Morgan fingerprint density at radius 3 is 2.62 bits per heavy atom. The molecule has 0 saturated carbocycles. The molecule has 1 N–H and O–H groups in total. The first-order chi connectivity index (χ1) is 11.5.